The van der Waals surface area contributed by atoms with E-state index in [0.717, 1.165) is 13.0 Å². The second-order valence-electron chi connectivity index (χ2n) is 14.4. The Bertz CT molecular complexity index is 683. The molecule has 4 atom stereocenters. The maximum absolute atomic E-state index is 14.7. The number of nitrogens with zero attached hydrogens (tertiary/aromatic N) is 3. The summed E-state index contributed by atoms with van der Waals surface area (Å²) >= 11 is 0. The lowest BCUT2D eigenvalue weighted by Gasteiger charge is -2.54. The molecule has 0 aromatic carbocycles. The maximum atomic E-state index is 14.7. The smallest absolute Gasteiger partial charge is 0.262 e. The van der Waals surface area contributed by atoms with Crippen molar-refractivity contribution in [1.29, 1.82) is 0 Å². The van der Waals surface area contributed by atoms with E-state index in [-0.39, 0.29) is 29.6 Å². The molecular formula is C28H53F2N3. The lowest BCUT2D eigenvalue weighted by atomic mass is 9.76. The molecule has 1 unspecified atom stereocenters. The highest BCUT2D eigenvalue weighted by atomic mass is 19.3. The summed E-state index contributed by atoms with van der Waals surface area (Å²) < 4.78 is 29.4. The van der Waals surface area contributed by atoms with Crippen LogP contribution < -0.4 is 0 Å². The zero-order valence-corrected chi connectivity index (χ0v) is 23.4. The molecule has 3 aliphatic heterocycles. The molecule has 0 aromatic heterocycles. The molecule has 0 saturated carbocycles. The summed E-state index contributed by atoms with van der Waals surface area (Å²) in [6, 6.07) is 1.18. The second-order valence-corrected chi connectivity index (χ2v) is 14.4. The van der Waals surface area contributed by atoms with Crippen molar-refractivity contribution in [2.75, 3.05) is 19.6 Å². The molecule has 3 nitrogen and oxygen atoms in total. The quantitative estimate of drug-likeness (QED) is 0.423. The third kappa shape index (κ3) is 5.94. The number of halogens is 2. The molecule has 3 heterocycles. The minimum Gasteiger partial charge on any atom is -0.296 e. The van der Waals surface area contributed by atoms with Crippen molar-refractivity contribution in [1.82, 2.24) is 14.7 Å². The normalized spacial score (nSPS) is 35.5. The van der Waals surface area contributed by atoms with Crippen LogP contribution in [0.15, 0.2) is 0 Å². The number of likely N-dealkylation sites (tertiary alicyclic amines) is 3. The van der Waals surface area contributed by atoms with E-state index in [9.17, 15) is 8.78 Å². The summed E-state index contributed by atoms with van der Waals surface area (Å²) in [6.45, 7) is 24.7. The van der Waals surface area contributed by atoms with Crippen LogP contribution in [0, 0.1) is 5.92 Å². The van der Waals surface area contributed by atoms with E-state index in [0.29, 0.717) is 18.0 Å². The van der Waals surface area contributed by atoms with Crippen molar-refractivity contribution in [2.45, 2.75) is 154 Å². The van der Waals surface area contributed by atoms with Gasteiger partial charge in [0, 0.05) is 47.2 Å². The van der Waals surface area contributed by atoms with Crippen LogP contribution in [0.5, 0.6) is 0 Å². The van der Waals surface area contributed by atoms with Gasteiger partial charge in [-0.3, -0.25) is 14.7 Å². The zero-order valence-electron chi connectivity index (χ0n) is 23.4. The third-order valence-corrected chi connectivity index (χ3v) is 9.18. The van der Waals surface area contributed by atoms with Gasteiger partial charge in [0.2, 0.25) is 0 Å². The van der Waals surface area contributed by atoms with E-state index in [1.807, 2.05) is 0 Å². The standard InChI is InChI=1S/C28H53F2N3/c1-21-12-11-15-31(21)25(6,7)16-23-14-13-22(2)32(17-23)26(8,9)18-27(10)19-28(29,30)20-33(27)24(3,4)5/h21-23H,11-20H2,1-10H3/t21-,22-,23?,27+/m0/s1. The molecule has 194 valence electrons. The molecule has 0 aliphatic carbocycles. The van der Waals surface area contributed by atoms with Crippen molar-refractivity contribution >= 4 is 0 Å². The number of hydrogen-bond donors (Lipinski definition) is 0. The number of piperidine rings is 1. The summed E-state index contributed by atoms with van der Waals surface area (Å²) in [5.74, 6) is -1.94. The summed E-state index contributed by atoms with van der Waals surface area (Å²) in [5.41, 5.74) is -0.666. The van der Waals surface area contributed by atoms with Crippen LogP contribution in [0.4, 0.5) is 8.78 Å². The molecule has 0 bridgehead atoms. The minimum atomic E-state index is -2.61. The maximum Gasteiger partial charge on any atom is 0.262 e. The molecule has 0 amide bonds. The van der Waals surface area contributed by atoms with Gasteiger partial charge in [-0.05, 0) is 120 Å². The molecule has 0 radical (unpaired) electrons. The summed E-state index contributed by atoms with van der Waals surface area (Å²) in [4.78, 5) is 7.49. The van der Waals surface area contributed by atoms with Crippen LogP contribution in [-0.4, -0.2) is 74.5 Å². The van der Waals surface area contributed by atoms with E-state index < -0.39 is 11.5 Å². The molecule has 3 rings (SSSR count). The number of rotatable bonds is 6. The zero-order chi connectivity index (χ0) is 25.0. The van der Waals surface area contributed by atoms with Crippen LogP contribution in [0.25, 0.3) is 0 Å². The number of alkyl halides is 2. The van der Waals surface area contributed by atoms with Gasteiger partial charge in [0.05, 0.1) is 6.54 Å². The molecule has 3 saturated heterocycles. The average molecular weight is 470 g/mol. The molecule has 3 aliphatic rings. The van der Waals surface area contributed by atoms with E-state index >= 15 is 0 Å². The highest BCUT2D eigenvalue weighted by Gasteiger charge is 2.57. The molecule has 0 N–H and O–H groups in total. The Morgan fingerprint density at radius 1 is 0.848 bits per heavy atom. The first kappa shape index (κ1) is 27.3. The highest BCUT2D eigenvalue weighted by molar-refractivity contribution is 5.08. The van der Waals surface area contributed by atoms with Crippen molar-refractivity contribution in [3.8, 4) is 0 Å². The van der Waals surface area contributed by atoms with Crippen molar-refractivity contribution in [2.24, 2.45) is 5.92 Å². The fourth-order valence-electron chi connectivity index (χ4n) is 8.22. The Morgan fingerprint density at radius 3 is 2.00 bits per heavy atom. The van der Waals surface area contributed by atoms with Gasteiger partial charge in [0.1, 0.15) is 0 Å². The van der Waals surface area contributed by atoms with Gasteiger partial charge in [0.15, 0.2) is 0 Å². The second kappa shape index (κ2) is 9.00. The first-order valence-electron chi connectivity index (χ1n) is 13.6. The molecule has 3 fully saturated rings. The largest absolute Gasteiger partial charge is 0.296 e. The van der Waals surface area contributed by atoms with Crippen molar-refractivity contribution in [3.63, 3.8) is 0 Å². The minimum absolute atomic E-state index is 0.0355. The van der Waals surface area contributed by atoms with Crippen molar-refractivity contribution < 1.29 is 8.78 Å². The van der Waals surface area contributed by atoms with Gasteiger partial charge < -0.3 is 0 Å². The van der Waals surface area contributed by atoms with Gasteiger partial charge >= 0.3 is 0 Å². The lowest BCUT2D eigenvalue weighted by Crippen LogP contribution is -2.60. The van der Waals surface area contributed by atoms with Crippen LogP contribution in [-0.2, 0) is 0 Å². The van der Waals surface area contributed by atoms with Crippen LogP contribution >= 0.6 is 0 Å². The van der Waals surface area contributed by atoms with Crippen LogP contribution in [0.2, 0.25) is 0 Å². The average Bonchev–Trinajstić information content (AvgIpc) is 3.15. The van der Waals surface area contributed by atoms with Crippen molar-refractivity contribution in [3.05, 3.63) is 0 Å². The van der Waals surface area contributed by atoms with Gasteiger partial charge in [-0.15, -0.1) is 0 Å². The molecular weight excluding hydrogens is 416 g/mol. The lowest BCUT2D eigenvalue weighted by molar-refractivity contribution is -0.0392. The first-order chi connectivity index (χ1) is 14.9. The Morgan fingerprint density at radius 2 is 1.45 bits per heavy atom. The molecule has 0 spiro atoms. The highest BCUT2D eigenvalue weighted by Crippen LogP contribution is 2.48. The first-order valence-corrected chi connectivity index (χ1v) is 13.6. The third-order valence-electron chi connectivity index (χ3n) is 9.18. The summed E-state index contributed by atoms with van der Waals surface area (Å²) in [7, 11) is 0. The molecule has 5 heteroatoms. The predicted molar refractivity (Wildman–Crippen MR) is 136 cm³/mol. The fourth-order valence-corrected chi connectivity index (χ4v) is 8.22. The SMILES string of the molecule is C[C@H]1CCCN1C(C)(C)CC1CC[C@H](C)N(C(C)(C)C[C@]2(C)CC(F)(F)CN2C(C)(C)C)C1. The van der Waals surface area contributed by atoms with E-state index in [1.54, 1.807) is 0 Å². The Labute approximate surface area is 203 Å². The number of hydrogen-bond acceptors (Lipinski definition) is 3. The summed E-state index contributed by atoms with van der Waals surface area (Å²) in [6.07, 6.45) is 7.08. The summed E-state index contributed by atoms with van der Waals surface area (Å²) in [5, 5.41) is 0. The Hall–Kier alpha value is -0.260. The van der Waals surface area contributed by atoms with Crippen LogP contribution in [0.3, 0.4) is 0 Å². The van der Waals surface area contributed by atoms with E-state index in [2.05, 4.69) is 83.9 Å². The van der Waals surface area contributed by atoms with E-state index in [1.165, 1.54) is 38.6 Å². The van der Waals surface area contributed by atoms with Gasteiger partial charge in [0.25, 0.3) is 5.92 Å². The van der Waals surface area contributed by atoms with Gasteiger partial charge in [-0.1, -0.05) is 0 Å². The van der Waals surface area contributed by atoms with Crippen LogP contribution in [0.1, 0.15) is 114 Å². The van der Waals surface area contributed by atoms with E-state index in [4.69, 9.17) is 0 Å². The Kier molecular flexibility index (Phi) is 7.45. The molecule has 0 aromatic rings. The topological polar surface area (TPSA) is 9.72 Å². The fraction of sp³-hybridized carbons (Fsp3) is 1.00. The monoisotopic (exact) mass is 469 g/mol. The molecule has 33 heavy (non-hydrogen) atoms. The Balaban J connectivity index is 1.75. The predicted octanol–water partition coefficient (Wildman–Crippen LogP) is 6.81. The van der Waals surface area contributed by atoms with Gasteiger partial charge in [-0.25, -0.2) is 8.78 Å². The van der Waals surface area contributed by atoms with Gasteiger partial charge in [-0.2, -0.15) is 0 Å².